The minimum Gasteiger partial charge on any atom is -0.443 e. The van der Waals surface area contributed by atoms with Crippen molar-refractivity contribution in [1.82, 2.24) is 4.98 Å². The number of aliphatic imine (C=N–C) groups is 1. The molecular weight excluding hydrogens is 337 g/mol. The molecule has 0 atom stereocenters. The van der Waals surface area contributed by atoms with Crippen LogP contribution in [0.3, 0.4) is 0 Å². The van der Waals surface area contributed by atoms with Crippen LogP contribution >= 0.6 is 0 Å². The Morgan fingerprint density at radius 2 is 2.00 bits per heavy atom. The van der Waals surface area contributed by atoms with Gasteiger partial charge in [0.05, 0.1) is 5.69 Å². The summed E-state index contributed by atoms with van der Waals surface area (Å²) < 4.78 is 19.5. The minimum atomic E-state index is -0.948. The molecule has 26 heavy (non-hydrogen) atoms. The molecule has 0 bridgehead atoms. The first-order valence-electron chi connectivity index (χ1n) is 8.20. The number of nitrogens with two attached hydrogens (primary N) is 2. The number of hydrogen-bond acceptors (Lipinski definition) is 4. The maximum absolute atomic E-state index is 14.7. The van der Waals surface area contributed by atoms with E-state index in [4.69, 9.17) is 16.2 Å². The molecule has 4 N–H and O–H groups in total. The van der Waals surface area contributed by atoms with E-state index in [0.717, 1.165) is 19.5 Å². The van der Waals surface area contributed by atoms with Crippen LogP contribution in [0.4, 0.5) is 14.9 Å². The van der Waals surface area contributed by atoms with E-state index in [9.17, 15) is 9.18 Å². The summed E-state index contributed by atoms with van der Waals surface area (Å²) in [5.74, 6) is -0.322. The Morgan fingerprint density at radius 3 is 2.69 bits per heavy atom. The Morgan fingerprint density at radius 1 is 1.27 bits per heavy atom. The van der Waals surface area contributed by atoms with E-state index in [2.05, 4.69) is 9.98 Å². The average molecular weight is 357 g/mol. The highest BCUT2D eigenvalue weighted by atomic mass is 19.1. The van der Waals surface area contributed by atoms with Gasteiger partial charge in [0, 0.05) is 31.0 Å². The van der Waals surface area contributed by atoms with Crippen molar-refractivity contribution in [3.8, 4) is 0 Å². The lowest BCUT2D eigenvalue weighted by atomic mass is 9.92. The summed E-state index contributed by atoms with van der Waals surface area (Å²) in [5, 5.41) is 0. The standard InChI is InChI=1S/C18H20FN5O2/c19-16-14(11-26-18(25)23-17(20)21)2-1-3-15(16)24-9-13(10-24)8-12-4-6-22-7-5-12/h1-7,13H,8-11H2,(H4,20,21,23,25). The third-order valence-electron chi connectivity index (χ3n) is 4.20. The number of pyridine rings is 1. The molecule has 136 valence electrons. The molecular formula is C18H20FN5O2. The van der Waals surface area contributed by atoms with Gasteiger partial charge in [0.25, 0.3) is 0 Å². The molecule has 8 heteroatoms. The fraction of sp³-hybridized carbons (Fsp3) is 0.278. The fourth-order valence-electron chi connectivity index (χ4n) is 2.95. The minimum absolute atomic E-state index is 0.233. The van der Waals surface area contributed by atoms with E-state index < -0.39 is 17.9 Å². The molecule has 0 radical (unpaired) electrons. The van der Waals surface area contributed by atoms with Gasteiger partial charge in [-0.1, -0.05) is 12.1 Å². The second-order valence-corrected chi connectivity index (χ2v) is 6.17. The SMILES string of the molecule is NC(N)=NC(=O)OCc1cccc(N2CC(Cc3ccncc3)C2)c1F. The lowest BCUT2D eigenvalue weighted by Crippen LogP contribution is -2.48. The summed E-state index contributed by atoms with van der Waals surface area (Å²) in [6.45, 7) is 1.32. The first kappa shape index (κ1) is 17.7. The zero-order chi connectivity index (χ0) is 18.5. The number of anilines is 1. The zero-order valence-corrected chi connectivity index (χ0v) is 14.1. The number of amides is 1. The first-order chi connectivity index (χ1) is 12.5. The third kappa shape index (κ3) is 4.27. The molecule has 1 aliphatic rings. The van der Waals surface area contributed by atoms with Gasteiger partial charge in [0.2, 0.25) is 0 Å². The van der Waals surface area contributed by atoms with Gasteiger partial charge in [-0.3, -0.25) is 4.98 Å². The van der Waals surface area contributed by atoms with E-state index in [-0.39, 0.29) is 12.2 Å². The number of guanidine groups is 1. The number of hydrogen-bond donors (Lipinski definition) is 2. The largest absolute Gasteiger partial charge is 0.443 e. The van der Waals surface area contributed by atoms with Crippen LogP contribution in [0.2, 0.25) is 0 Å². The maximum atomic E-state index is 14.7. The quantitative estimate of drug-likeness (QED) is 0.624. The molecule has 1 aromatic heterocycles. The number of aromatic nitrogens is 1. The van der Waals surface area contributed by atoms with Gasteiger partial charge in [0.1, 0.15) is 6.61 Å². The van der Waals surface area contributed by atoms with Crippen molar-refractivity contribution in [3.63, 3.8) is 0 Å². The van der Waals surface area contributed by atoms with Crippen molar-refractivity contribution < 1.29 is 13.9 Å². The van der Waals surface area contributed by atoms with Crippen molar-refractivity contribution in [1.29, 1.82) is 0 Å². The number of carbonyl (C=O) groups is 1. The maximum Gasteiger partial charge on any atom is 0.437 e. The van der Waals surface area contributed by atoms with Crippen LogP contribution in [0.15, 0.2) is 47.7 Å². The van der Waals surface area contributed by atoms with Crippen LogP contribution < -0.4 is 16.4 Å². The topological polar surface area (TPSA) is 107 Å². The predicted octanol–water partition coefficient (Wildman–Crippen LogP) is 1.81. The van der Waals surface area contributed by atoms with Gasteiger partial charge in [-0.25, -0.2) is 9.18 Å². The highest BCUT2D eigenvalue weighted by Crippen LogP contribution is 2.30. The van der Waals surface area contributed by atoms with Crippen molar-refractivity contribution in [2.24, 2.45) is 22.4 Å². The van der Waals surface area contributed by atoms with E-state index >= 15 is 0 Å². The van der Waals surface area contributed by atoms with E-state index in [1.807, 2.05) is 17.0 Å². The molecule has 1 aliphatic heterocycles. The lowest BCUT2D eigenvalue weighted by Gasteiger charge is -2.41. The molecule has 3 rings (SSSR count). The van der Waals surface area contributed by atoms with Gasteiger partial charge >= 0.3 is 6.09 Å². The lowest BCUT2D eigenvalue weighted by molar-refractivity contribution is 0.149. The molecule has 2 aromatic rings. The van der Waals surface area contributed by atoms with Gasteiger partial charge < -0.3 is 21.1 Å². The summed E-state index contributed by atoms with van der Waals surface area (Å²) >= 11 is 0. The molecule has 0 unspecified atom stereocenters. The zero-order valence-electron chi connectivity index (χ0n) is 14.1. The molecule has 0 aliphatic carbocycles. The van der Waals surface area contributed by atoms with Crippen LogP contribution in [-0.4, -0.2) is 30.1 Å². The monoisotopic (exact) mass is 357 g/mol. The van der Waals surface area contributed by atoms with Crippen LogP contribution in [0.1, 0.15) is 11.1 Å². The number of carbonyl (C=O) groups excluding carboxylic acids is 1. The molecule has 2 heterocycles. The second kappa shape index (κ2) is 7.81. The van der Waals surface area contributed by atoms with Gasteiger partial charge in [0.15, 0.2) is 11.8 Å². The molecule has 7 nitrogen and oxygen atoms in total. The van der Waals surface area contributed by atoms with E-state index in [0.29, 0.717) is 11.6 Å². The second-order valence-electron chi connectivity index (χ2n) is 6.17. The van der Waals surface area contributed by atoms with Crippen LogP contribution in [0.25, 0.3) is 0 Å². The normalized spacial score (nSPS) is 13.8. The third-order valence-corrected chi connectivity index (χ3v) is 4.20. The first-order valence-corrected chi connectivity index (χ1v) is 8.20. The van der Waals surface area contributed by atoms with Gasteiger partial charge in [-0.15, -0.1) is 4.99 Å². The summed E-state index contributed by atoms with van der Waals surface area (Å²) in [4.78, 5) is 20.5. The van der Waals surface area contributed by atoms with Crippen molar-refractivity contribution in [2.75, 3.05) is 18.0 Å². The predicted molar refractivity (Wildman–Crippen MR) is 96.0 cm³/mol. The van der Waals surface area contributed by atoms with Crippen molar-refractivity contribution >= 4 is 17.7 Å². The number of halogens is 1. The van der Waals surface area contributed by atoms with Crippen LogP contribution in [-0.2, 0) is 17.8 Å². The summed E-state index contributed by atoms with van der Waals surface area (Å²) in [5.41, 5.74) is 12.2. The molecule has 0 saturated carbocycles. The smallest absolute Gasteiger partial charge is 0.437 e. The summed E-state index contributed by atoms with van der Waals surface area (Å²) in [7, 11) is 0. The van der Waals surface area contributed by atoms with Crippen molar-refractivity contribution in [2.45, 2.75) is 13.0 Å². The highest BCUT2D eigenvalue weighted by Gasteiger charge is 2.29. The summed E-state index contributed by atoms with van der Waals surface area (Å²) in [6, 6.07) is 9.01. The van der Waals surface area contributed by atoms with E-state index in [1.165, 1.54) is 5.56 Å². The Hall–Kier alpha value is -3.16. The summed E-state index contributed by atoms with van der Waals surface area (Å²) in [6.07, 6.45) is 3.55. The molecule has 1 aromatic carbocycles. The molecule has 0 spiro atoms. The van der Waals surface area contributed by atoms with Crippen LogP contribution in [0.5, 0.6) is 0 Å². The average Bonchev–Trinajstić information content (AvgIpc) is 2.58. The van der Waals surface area contributed by atoms with Gasteiger partial charge in [-0.2, -0.15) is 0 Å². The van der Waals surface area contributed by atoms with E-state index in [1.54, 1.807) is 30.6 Å². The number of ether oxygens (including phenoxy) is 1. The van der Waals surface area contributed by atoms with Crippen molar-refractivity contribution in [3.05, 3.63) is 59.7 Å². The Balaban J connectivity index is 1.58. The molecule has 1 amide bonds. The molecule has 1 saturated heterocycles. The Labute approximate surface area is 150 Å². The number of benzene rings is 1. The van der Waals surface area contributed by atoms with Gasteiger partial charge in [-0.05, 0) is 36.1 Å². The highest BCUT2D eigenvalue weighted by molar-refractivity contribution is 5.87. The number of nitrogens with zero attached hydrogens (tertiary/aromatic N) is 3. The number of rotatable bonds is 5. The Kier molecular flexibility index (Phi) is 5.31. The van der Waals surface area contributed by atoms with Crippen LogP contribution in [0, 0.1) is 11.7 Å². The Bertz CT molecular complexity index is 802. The molecule has 1 fully saturated rings. The fourth-order valence-corrected chi connectivity index (χ4v) is 2.95.